The molecule has 0 spiro atoms. The van der Waals surface area contributed by atoms with Gasteiger partial charge in [0.1, 0.15) is 0 Å². The average molecular weight is 290 g/mol. The normalized spacial score (nSPS) is 16.4. The van der Waals surface area contributed by atoms with Crippen LogP contribution in [0.25, 0.3) is 0 Å². The highest BCUT2D eigenvalue weighted by atomic mass is 32.2. The van der Waals surface area contributed by atoms with Crippen LogP contribution in [0.3, 0.4) is 0 Å². The van der Waals surface area contributed by atoms with Crippen molar-refractivity contribution in [2.24, 2.45) is 11.0 Å². The van der Waals surface area contributed by atoms with Crippen molar-refractivity contribution in [2.75, 3.05) is 5.75 Å². The predicted octanol–water partition coefficient (Wildman–Crippen LogP) is 3.60. The maximum atomic E-state index is 11.6. The van der Waals surface area contributed by atoms with Crippen LogP contribution in [-0.2, 0) is 10.5 Å². The van der Waals surface area contributed by atoms with E-state index in [1.54, 1.807) is 11.8 Å². The number of carbonyl (C=O) groups excluding carboxylic acids is 1. The summed E-state index contributed by atoms with van der Waals surface area (Å²) in [5, 5.41) is 4.08. The van der Waals surface area contributed by atoms with Crippen LogP contribution in [0.1, 0.15) is 37.7 Å². The molecular weight excluding hydrogens is 268 g/mol. The summed E-state index contributed by atoms with van der Waals surface area (Å²) in [5.41, 5.74) is 3.87. The van der Waals surface area contributed by atoms with Crippen molar-refractivity contribution in [3.05, 3.63) is 35.9 Å². The van der Waals surface area contributed by atoms with E-state index in [1.165, 1.54) is 37.7 Å². The fraction of sp³-hybridized carbons (Fsp3) is 0.500. The van der Waals surface area contributed by atoms with E-state index in [0.717, 1.165) is 5.75 Å². The van der Waals surface area contributed by atoms with Crippen molar-refractivity contribution in [3.63, 3.8) is 0 Å². The second-order valence-corrected chi connectivity index (χ2v) is 6.18. The summed E-state index contributed by atoms with van der Waals surface area (Å²) in [6, 6.07) is 10.2. The van der Waals surface area contributed by atoms with Gasteiger partial charge in [0.05, 0.1) is 5.75 Å². The molecule has 0 aliphatic heterocycles. The Kier molecular flexibility index (Phi) is 6.64. The highest BCUT2D eigenvalue weighted by molar-refractivity contribution is 7.99. The van der Waals surface area contributed by atoms with E-state index in [-0.39, 0.29) is 5.91 Å². The molecular formula is C16H22N2OS. The Morgan fingerprint density at radius 3 is 2.75 bits per heavy atom. The van der Waals surface area contributed by atoms with Gasteiger partial charge in [-0.3, -0.25) is 4.79 Å². The molecule has 0 aromatic heterocycles. The molecule has 1 saturated carbocycles. The standard InChI is InChI=1S/C16H22N2OS/c19-16(13-20-12-15-9-5-2-6-10-15)18-17-11-14-7-3-1-4-8-14/h2,5-6,9-11,14H,1,3-4,7-8,12-13H2,(H,18,19)/b17-11-. The molecule has 4 heteroatoms. The molecule has 0 bridgehead atoms. The van der Waals surface area contributed by atoms with Gasteiger partial charge in [0.2, 0.25) is 5.91 Å². The van der Waals surface area contributed by atoms with Gasteiger partial charge in [0.25, 0.3) is 0 Å². The van der Waals surface area contributed by atoms with Crippen LogP contribution in [-0.4, -0.2) is 17.9 Å². The number of benzene rings is 1. The van der Waals surface area contributed by atoms with Crippen LogP contribution >= 0.6 is 11.8 Å². The quantitative estimate of drug-likeness (QED) is 0.642. The van der Waals surface area contributed by atoms with E-state index in [1.807, 2.05) is 24.4 Å². The summed E-state index contributed by atoms with van der Waals surface area (Å²) in [6.45, 7) is 0. The fourth-order valence-corrected chi connectivity index (χ4v) is 3.15. The molecule has 0 unspecified atom stereocenters. The first-order chi connectivity index (χ1) is 9.84. The Bertz CT molecular complexity index is 427. The summed E-state index contributed by atoms with van der Waals surface area (Å²) < 4.78 is 0. The molecule has 1 fully saturated rings. The number of hydrogen-bond acceptors (Lipinski definition) is 3. The number of thioether (sulfide) groups is 1. The van der Waals surface area contributed by atoms with E-state index < -0.39 is 0 Å². The van der Waals surface area contributed by atoms with E-state index in [9.17, 15) is 4.79 Å². The number of nitrogens with zero attached hydrogens (tertiary/aromatic N) is 1. The SMILES string of the molecule is O=C(CSCc1ccccc1)N/N=C\C1CCCCC1. The number of hydrogen-bond donors (Lipinski definition) is 1. The number of carbonyl (C=O) groups is 1. The Labute approximate surface area is 125 Å². The largest absolute Gasteiger partial charge is 0.272 e. The van der Waals surface area contributed by atoms with Crippen molar-refractivity contribution in [1.82, 2.24) is 5.43 Å². The minimum absolute atomic E-state index is 0.0157. The summed E-state index contributed by atoms with van der Waals surface area (Å²) >= 11 is 1.61. The molecule has 0 radical (unpaired) electrons. The molecule has 1 N–H and O–H groups in total. The third-order valence-corrected chi connectivity index (χ3v) is 4.47. The van der Waals surface area contributed by atoms with Gasteiger partial charge in [-0.2, -0.15) is 5.10 Å². The third-order valence-electron chi connectivity index (χ3n) is 3.47. The number of amides is 1. The smallest absolute Gasteiger partial charge is 0.250 e. The molecule has 1 amide bonds. The van der Waals surface area contributed by atoms with Gasteiger partial charge in [0.15, 0.2) is 0 Å². The average Bonchev–Trinajstić information content (AvgIpc) is 2.49. The van der Waals surface area contributed by atoms with Gasteiger partial charge in [-0.05, 0) is 24.3 Å². The summed E-state index contributed by atoms with van der Waals surface area (Å²) in [6.07, 6.45) is 8.26. The Balaban J connectivity index is 1.59. The van der Waals surface area contributed by atoms with E-state index >= 15 is 0 Å². The minimum Gasteiger partial charge on any atom is -0.272 e. The molecule has 0 heterocycles. The minimum atomic E-state index is -0.0157. The first-order valence-corrected chi connectivity index (χ1v) is 8.44. The maximum absolute atomic E-state index is 11.6. The lowest BCUT2D eigenvalue weighted by molar-refractivity contribution is -0.118. The van der Waals surface area contributed by atoms with Crippen LogP contribution in [0.4, 0.5) is 0 Å². The molecule has 2 rings (SSSR count). The van der Waals surface area contributed by atoms with Gasteiger partial charge >= 0.3 is 0 Å². The predicted molar refractivity (Wildman–Crippen MR) is 85.8 cm³/mol. The molecule has 1 aliphatic rings. The lowest BCUT2D eigenvalue weighted by Crippen LogP contribution is -2.21. The topological polar surface area (TPSA) is 41.5 Å². The summed E-state index contributed by atoms with van der Waals surface area (Å²) in [5.74, 6) is 1.86. The zero-order chi connectivity index (χ0) is 14.0. The van der Waals surface area contributed by atoms with Gasteiger partial charge < -0.3 is 0 Å². The zero-order valence-corrected chi connectivity index (χ0v) is 12.6. The van der Waals surface area contributed by atoms with E-state index in [4.69, 9.17) is 0 Å². The van der Waals surface area contributed by atoms with Crippen LogP contribution in [0, 0.1) is 5.92 Å². The Hall–Kier alpha value is -1.29. The van der Waals surface area contributed by atoms with Crippen molar-refractivity contribution in [3.8, 4) is 0 Å². The second-order valence-electron chi connectivity index (χ2n) is 5.19. The molecule has 0 atom stereocenters. The molecule has 108 valence electrons. The number of nitrogens with one attached hydrogen (secondary N) is 1. The van der Waals surface area contributed by atoms with E-state index in [0.29, 0.717) is 11.7 Å². The molecule has 1 aromatic rings. The van der Waals surface area contributed by atoms with Crippen LogP contribution < -0.4 is 5.43 Å². The first-order valence-electron chi connectivity index (χ1n) is 7.28. The number of rotatable bonds is 6. The Morgan fingerprint density at radius 1 is 1.25 bits per heavy atom. The molecule has 0 saturated heterocycles. The molecule has 1 aromatic carbocycles. The van der Waals surface area contributed by atoms with Crippen molar-refractivity contribution in [2.45, 2.75) is 37.9 Å². The first kappa shape index (κ1) is 15.1. The zero-order valence-electron chi connectivity index (χ0n) is 11.8. The van der Waals surface area contributed by atoms with Crippen molar-refractivity contribution >= 4 is 23.9 Å². The maximum Gasteiger partial charge on any atom is 0.250 e. The van der Waals surface area contributed by atoms with Gasteiger partial charge in [0, 0.05) is 12.0 Å². The van der Waals surface area contributed by atoms with Crippen LogP contribution in [0.2, 0.25) is 0 Å². The highest BCUT2D eigenvalue weighted by Crippen LogP contribution is 2.21. The number of hydrazone groups is 1. The third kappa shape index (κ3) is 5.78. The van der Waals surface area contributed by atoms with Gasteiger partial charge in [-0.25, -0.2) is 5.43 Å². The van der Waals surface area contributed by atoms with Crippen molar-refractivity contribution < 1.29 is 4.79 Å². The van der Waals surface area contributed by atoms with Gasteiger partial charge in [-0.1, -0.05) is 49.6 Å². The molecule has 1 aliphatic carbocycles. The van der Waals surface area contributed by atoms with Crippen LogP contribution in [0.5, 0.6) is 0 Å². The van der Waals surface area contributed by atoms with Crippen LogP contribution in [0.15, 0.2) is 35.4 Å². The lowest BCUT2D eigenvalue weighted by atomic mass is 9.90. The van der Waals surface area contributed by atoms with Crippen molar-refractivity contribution in [1.29, 1.82) is 0 Å². The molecule has 3 nitrogen and oxygen atoms in total. The van der Waals surface area contributed by atoms with E-state index in [2.05, 4.69) is 22.7 Å². The highest BCUT2D eigenvalue weighted by Gasteiger charge is 2.10. The summed E-state index contributed by atoms with van der Waals surface area (Å²) in [4.78, 5) is 11.6. The summed E-state index contributed by atoms with van der Waals surface area (Å²) in [7, 11) is 0. The second kappa shape index (κ2) is 8.80. The lowest BCUT2D eigenvalue weighted by Gasteiger charge is -2.16. The van der Waals surface area contributed by atoms with Gasteiger partial charge in [-0.15, -0.1) is 11.8 Å². The monoisotopic (exact) mass is 290 g/mol. The molecule has 20 heavy (non-hydrogen) atoms. The Morgan fingerprint density at radius 2 is 2.00 bits per heavy atom. The fourth-order valence-electron chi connectivity index (χ4n) is 2.37.